The van der Waals surface area contributed by atoms with Crippen molar-refractivity contribution >= 4 is 11.7 Å². The second-order valence-corrected chi connectivity index (χ2v) is 8.42. The summed E-state index contributed by atoms with van der Waals surface area (Å²) in [6, 6.07) is 17.5. The zero-order valence-corrected chi connectivity index (χ0v) is 19.3. The van der Waals surface area contributed by atoms with Crippen LogP contribution in [0.15, 0.2) is 67.0 Å². The number of nitrogens with zero attached hydrogens (tertiary/aromatic N) is 5. The molecular formula is C27H26N6O. The summed E-state index contributed by atoms with van der Waals surface area (Å²) in [7, 11) is 1.83. The van der Waals surface area contributed by atoms with Crippen LogP contribution in [0.5, 0.6) is 0 Å². The summed E-state index contributed by atoms with van der Waals surface area (Å²) >= 11 is 0. The highest BCUT2D eigenvalue weighted by Gasteiger charge is 2.20. The molecule has 7 nitrogen and oxygen atoms in total. The summed E-state index contributed by atoms with van der Waals surface area (Å²) in [5.41, 5.74) is 5.81. The molecule has 3 aromatic heterocycles. The van der Waals surface area contributed by atoms with Crippen molar-refractivity contribution in [2.45, 2.75) is 19.8 Å². The van der Waals surface area contributed by atoms with E-state index in [9.17, 15) is 4.79 Å². The molecule has 5 rings (SSSR count). The Balaban J connectivity index is 1.51. The van der Waals surface area contributed by atoms with Crippen LogP contribution in [-0.2, 0) is 0 Å². The van der Waals surface area contributed by atoms with Gasteiger partial charge in [-0.25, -0.2) is 15.0 Å². The van der Waals surface area contributed by atoms with E-state index in [4.69, 9.17) is 4.98 Å². The van der Waals surface area contributed by atoms with Crippen LogP contribution in [0.2, 0.25) is 0 Å². The van der Waals surface area contributed by atoms with Gasteiger partial charge in [-0.05, 0) is 55.7 Å². The Morgan fingerprint density at radius 1 is 0.853 bits per heavy atom. The third-order valence-electron chi connectivity index (χ3n) is 5.97. The third-order valence-corrected chi connectivity index (χ3v) is 5.97. The van der Waals surface area contributed by atoms with Crippen molar-refractivity contribution in [2.75, 3.05) is 25.5 Å². The number of anilines is 1. The molecule has 0 atom stereocenters. The van der Waals surface area contributed by atoms with Crippen LogP contribution in [0.4, 0.5) is 5.82 Å². The minimum absolute atomic E-state index is 0.0909. The fraction of sp³-hybridized carbons (Fsp3) is 0.222. The monoisotopic (exact) mass is 450 g/mol. The molecule has 1 saturated heterocycles. The van der Waals surface area contributed by atoms with Crippen molar-refractivity contribution in [3.8, 4) is 33.9 Å². The van der Waals surface area contributed by atoms with Gasteiger partial charge >= 0.3 is 0 Å². The van der Waals surface area contributed by atoms with Crippen LogP contribution in [-0.4, -0.2) is 50.9 Å². The van der Waals surface area contributed by atoms with Crippen molar-refractivity contribution in [2.24, 2.45) is 0 Å². The standard InChI is InChI=1S/C27H26N6O/c1-18-7-5-10-23(30-18)26-31-24(15-25(28-2)32-26)22-14-21(16-29-17-22)19-8-6-9-20(13-19)27(34)33-11-3-4-12-33/h5-10,13-17H,3-4,11-12H2,1-2H3,(H,28,31,32). The molecule has 1 amide bonds. The summed E-state index contributed by atoms with van der Waals surface area (Å²) in [6.45, 7) is 3.61. The van der Waals surface area contributed by atoms with Crippen molar-refractivity contribution in [3.63, 3.8) is 0 Å². The van der Waals surface area contributed by atoms with Crippen molar-refractivity contribution in [1.82, 2.24) is 24.8 Å². The second-order valence-electron chi connectivity index (χ2n) is 8.42. The molecule has 1 aliphatic rings. The maximum atomic E-state index is 12.9. The lowest BCUT2D eigenvalue weighted by molar-refractivity contribution is 0.0793. The quantitative estimate of drug-likeness (QED) is 0.468. The van der Waals surface area contributed by atoms with Gasteiger partial charge in [0, 0.05) is 61.0 Å². The largest absolute Gasteiger partial charge is 0.373 e. The molecule has 1 fully saturated rings. The SMILES string of the molecule is CNc1cc(-c2cncc(-c3cccc(C(=O)N4CCCC4)c3)c2)nc(-c2cccc(C)n2)n1. The highest BCUT2D eigenvalue weighted by molar-refractivity contribution is 5.95. The number of nitrogens with one attached hydrogen (secondary N) is 1. The predicted molar refractivity (Wildman–Crippen MR) is 133 cm³/mol. The maximum Gasteiger partial charge on any atom is 0.253 e. The Bertz CT molecular complexity index is 1350. The lowest BCUT2D eigenvalue weighted by atomic mass is 10.0. The Morgan fingerprint density at radius 3 is 2.44 bits per heavy atom. The number of amides is 1. The van der Waals surface area contributed by atoms with Crippen molar-refractivity contribution < 1.29 is 4.79 Å². The number of pyridine rings is 2. The third kappa shape index (κ3) is 4.50. The summed E-state index contributed by atoms with van der Waals surface area (Å²) in [5, 5.41) is 3.11. The molecule has 4 aromatic rings. The first kappa shape index (κ1) is 21.7. The summed E-state index contributed by atoms with van der Waals surface area (Å²) in [4.78, 5) is 33.2. The molecule has 1 aliphatic heterocycles. The number of hydrogen-bond acceptors (Lipinski definition) is 6. The highest BCUT2D eigenvalue weighted by Crippen LogP contribution is 2.28. The molecule has 1 N–H and O–H groups in total. The van der Waals surface area contributed by atoms with E-state index in [1.165, 1.54) is 0 Å². The van der Waals surface area contributed by atoms with E-state index in [1.807, 2.05) is 79.7 Å². The predicted octanol–water partition coefficient (Wildman–Crippen LogP) is 4.85. The number of carbonyl (C=O) groups is 1. The van der Waals surface area contributed by atoms with Crippen LogP contribution in [0.25, 0.3) is 33.9 Å². The molecular weight excluding hydrogens is 424 g/mol. The number of benzene rings is 1. The van der Waals surface area contributed by atoms with E-state index >= 15 is 0 Å². The molecule has 0 aliphatic carbocycles. The van der Waals surface area contributed by atoms with Crippen molar-refractivity contribution in [1.29, 1.82) is 0 Å². The molecule has 0 radical (unpaired) electrons. The summed E-state index contributed by atoms with van der Waals surface area (Å²) < 4.78 is 0. The summed E-state index contributed by atoms with van der Waals surface area (Å²) in [5.74, 6) is 1.34. The van der Waals surface area contributed by atoms with E-state index in [-0.39, 0.29) is 5.91 Å². The van der Waals surface area contributed by atoms with Gasteiger partial charge in [0.25, 0.3) is 5.91 Å². The second kappa shape index (κ2) is 9.39. The average Bonchev–Trinajstić information content (AvgIpc) is 3.43. The van der Waals surface area contributed by atoms with Crippen LogP contribution in [0, 0.1) is 6.92 Å². The fourth-order valence-corrected chi connectivity index (χ4v) is 4.18. The highest BCUT2D eigenvalue weighted by atomic mass is 16.2. The van der Waals surface area contributed by atoms with Crippen LogP contribution in [0.1, 0.15) is 28.9 Å². The zero-order chi connectivity index (χ0) is 23.5. The van der Waals surface area contributed by atoms with Crippen LogP contribution >= 0.6 is 0 Å². The lowest BCUT2D eigenvalue weighted by Crippen LogP contribution is -2.27. The normalized spacial score (nSPS) is 13.2. The zero-order valence-electron chi connectivity index (χ0n) is 19.3. The molecule has 0 bridgehead atoms. The maximum absolute atomic E-state index is 12.9. The van der Waals surface area contributed by atoms with Gasteiger partial charge in [-0.15, -0.1) is 0 Å². The molecule has 34 heavy (non-hydrogen) atoms. The van der Waals surface area contributed by atoms with E-state index in [1.54, 1.807) is 6.20 Å². The van der Waals surface area contributed by atoms with E-state index < -0.39 is 0 Å². The summed E-state index contributed by atoms with van der Waals surface area (Å²) in [6.07, 6.45) is 5.75. The first-order chi connectivity index (χ1) is 16.6. The number of hydrogen-bond donors (Lipinski definition) is 1. The van der Waals surface area contributed by atoms with E-state index in [2.05, 4.69) is 20.3 Å². The van der Waals surface area contributed by atoms with Gasteiger partial charge in [0.2, 0.25) is 0 Å². The molecule has 0 saturated carbocycles. The first-order valence-electron chi connectivity index (χ1n) is 11.5. The van der Waals surface area contributed by atoms with Gasteiger partial charge in [0.15, 0.2) is 5.82 Å². The first-order valence-corrected chi connectivity index (χ1v) is 11.5. The van der Waals surface area contributed by atoms with E-state index in [0.717, 1.165) is 59.7 Å². The average molecular weight is 451 g/mol. The topological polar surface area (TPSA) is 83.9 Å². The van der Waals surface area contributed by atoms with Gasteiger partial charge in [0.1, 0.15) is 11.5 Å². The fourth-order valence-electron chi connectivity index (χ4n) is 4.18. The molecule has 4 heterocycles. The van der Waals surface area contributed by atoms with Gasteiger partial charge < -0.3 is 10.2 Å². The molecule has 0 spiro atoms. The van der Waals surface area contributed by atoms with Crippen LogP contribution in [0.3, 0.4) is 0 Å². The number of rotatable bonds is 5. The van der Waals surface area contributed by atoms with E-state index in [0.29, 0.717) is 17.2 Å². The van der Waals surface area contributed by atoms with Gasteiger partial charge in [-0.1, -0.05) is 18.2 Å². The van der Waals surface area contributed by atoms with Gasteiger partial charge in [0.05, 0.1) is 5.69 Å². The molecule has 170 valence electrons. The lowest BCUT2D eigenvalue weighted by Gasteiger charge is -2.15. The van der Waals surface area contributed by atoms with Crippen molar-refractivity contribution in [3.05, 3.63) is 78.2 Å². The Morgan fingerprint density at radius 2 is 1.65 bits per heavy atom. The minimum Gasteiger partial charge on any atom is -0.373 e. The number of carbonyl (C=O) groups excluding carboxylic acids is 1. The Labute approximate surface area is 199 Å². The van der Waals surface area contributed by atoms with Gasteiger partial charge in [-0.3, -0.25) is 9.78 Å². The van der Waals surface area contributed by atoms with Crippen LogP contribution < -0.4 is 5.32 Å². The van der Waals surface area contributed by atoms with Gasteiger partial charge in [-0.2, -0.15) is 0 Å². The Hall–Kier alpha value is -4.13. The smallest absolute Gasteiger partial charge is 0.253 e. The minimum atomic E-state index is 0.0909. The molecule has 0 unspecified atom stereocenters. The number of aromatic nitrogens is 4. The molecule has 1 aromatic carbocycles. The molecule has 7 heteroatoms. The number of aryl methyl sites for hydroxylation is 1. The number of likely N-dealkylation sites (tertiary alicyclic amines) is 1. The Kier molecular flexibility index (Phi) is 5.99.